The van der Waals surface area contributed by atoms with Crippen LogP contribution in [0.5, 0.6) is 0 Å². The highest BCUT2D eigenvalue weighted by Crippen LogP contribution is 2.44. The van der Waals surface area contributed by atoms with Crippen molar-refractivity contribution in [1.82, 2.24) is 9.13 Å². The van der Waals surface area contributed by atoms with Gasteiger partial charge in [0.15, 0.2) is 5.82 Å². The zero-order valence-electron chi connectivity index (χ0n) is 17.3. The van der Waals surface area contributed by atoms with E-state index < -0.39 is 5.95 Å². The first-order valence-electron chi connectivity index (χ1n) is 10.2. The van der Waals surface area contributed by atoms with E-state index in [9.17, 15) is 9.18 Å². The number of aromatic nitrogens is 2. The molecule has 0 radical (unpaired) electrons. The molecule has 4 heterocycles. The smallest absolute Gasteiger partial charge is 0.330 e. The molecule has 4 aliphatic rings. The second-order valence-electron chi connectivity index (χ2n) is 8.82. The molecule has 1 unspecified atom stereocenters. The number of allylic oxidation sites excluding steroid dienone is 5. The Hall–Kier alpha value is -2.87. The van der Waals surface area contributed by atoms with Crippen LogP contribution in [0.1, 0.15) is 38.4 Å². The van der Waals surface area contributed by atoms with Crippen molar-refractivity contribution in [2.75, 3.05) is 13.2 Å². The maximum atomic E-state index is 13.3. The van der Waals surface area contributed by atoms with E-state index in [1.54, 1.807) is 17.8 Å². The van der Waals surface area contributed by atoms with Crippen LogP contribution in [0, 0.1) is 5.41 Å². The Balaban J connectivity index is 1.68. The molecule has 0 bridgehead atoms. The Kier molecular flexibility index (Phi) is 4.36. The maximum Gasteiger partial charge on any atom is 0.330 e. The number of aliphatic imine (C=N–C) groups is 1. The second-order valence-corrected chi connectivity index (χ2v) is 8.82. The van der Waals surface area contributed by atoms with E-state index in [4.69, 9.17) is 4.74 Å². The number of halogens is 1. The molecule has 1 fully saturated rings. The number of nitrogens with zero attached hydrogens (tertiary/aromatic N) is 5. The third-order valence-corrected chi connectivity index (χ3v) is 6.33. The fraction of sp³-hybridized carbons (Fsp3) is 0.455. The third-order valence-electron chi connectivity index (χ3n) is 6.33. The molecule has 7 nitrogen and oxygen atoms in total. The molecule has 1 aliphatic carbocycles. The van der Waals surface area contributed by atoms with E-state index in [1.807, 2.05) is 22.8 Å². The summed E-state index contributed by atoms with van der Waals surface area (Å²) in [5, 5.41) is 8.82. The van der Waals surface area contributed by atoms with Crippen LogP contribution in [0.3, 0.4) is 0 Å². The van der Waals surface area contributed by atoms with Crippen molar-refractivity contribution >= 4 is 17.6 Å². The van der Waals surface area contributed by atoms with Crippen LogP contribution in [-0.4, -0.2) is 34.6 Å². The first-order valence-corrected chi connectivity index (χ1v) is 10.2. The van der Waals surface area contributed by atoms with E-state index >= 15 is 0 Å². The van der Waals surface area contributed by atoms with Crippen LogP contribution in [0.2, 0.25) is 0 Å². The second kappa shape index (κ2) is 6.84. The van der Waals surface area contributed by atoms with Gasteiger partial charge in [-0.15, -0.1) is 5.11 Å². The van der Waals surface area contributed by atoms with E-state index in [0.717, 1.165) is 28.8 Å². The van der Waals surface area contributed by atoms with E-state index in [0.29, 0.717) is 25.5 Å². The van der Waals surface area contributed by atoms with Crippen molar-refractivity contribution in [3.05, 3.63) is 57.6 Å². The summed E-state index contributed by atoms with van der Waals surface area (Å²) in [5.41, 5.74) is 3.36. The quantitative estimate of drug-likeness (QED) is 0.653. The zero-order chi connectivity index (χ0) is 21.0. The van der Waals surface area contributed by atoms with Crippen molar-refractivity contribution in [3.63, 3.8) is 0 Å². The predicted molar refractivity (Wildman–Crippen MR) is 113 cm³/mol. The van der Waals surface area contributed by atoms with Gasteiger partial charge < -0.3 is 4.74 Å². The molecule has 2 atom stereocenters. The van der Waals surface area contributed by atoms with Gasteiger partial charge in [0.1, 0.15) is 6.04 Å². The molecule has 0 spiro atoms. The average molecular weight is 409 g/mol. The summed E-state index contributed by atoms with van der Waals surface area (Å²) >= 11 is 0. The highest BCUT2D eigenvalue weighted by molar-refractivity contribution is 5.88. The highest BCUT2D eigenvalue weighted by atomic mass is 19.1. The number of ether oxygens (including phenoxy) is 1. The van der Waals surface area contributed by atoms with Gasteiger partial charge in [-0.05, 0) is 36.1 Å². The van der Waals surface area contributed by atoms with Crippen molar-refractivity contribution in [1.29, 1.82) is 0 Å². The lowest BCUT2D eigenvalue weighted by molar-refractivity contribution is -0.0268. The minimum atomic E-state index is -0.461. The topological polar surface area (TPSA) is 73.2 Å². The summed E-state index contributed by atoms with van der Waals surface area (Å²) in [5.74, 6) is 0.116. The summed E-state index contributed by atoms with van der Waals surface area (Å²) in [4.78, 5) is 17.1. The number of hydrogen-bond donors (Lipinski definition) is 0. The van der Waals surface area contributed by atoms with Crippen LogP contribution in [0.15, 0.2) is 61.4 Å². The lowest BCUT2D eigenvalue weighted by atomic mass is 9.81. The van der Waals surface area contributed by atoms with Gasteiger partial charge in [-0.3, -0.25) is 9.13 Å². The van der Waals surface area contributed by atoms with Crippen LogP contribution in [0.25, 0.3) is 5.57 Å². The minimum absolute atomic E-state index is 0.00108. The summed E-state index contributed by atoms with van der Waals surface area (Å²) in [6, 6.07) is -0.246. The third kappa shape index (κ3) is 2.89. The van der Waals surface area contributed by atoms with Gasteiger partial charge in [0, 0.05) is 36.9 Å². The minimum Gasteiger partial charge on any atom is -0.381 e. The van der Waals surface area contributed by atoms with Crippen LogP contribution in [0.4, 0.5) is 10.2 Å². The lowest BCUT2D eigenvalue weighted by Gasteiger charge is -2.39. The normalized spacial score (nSPS) is 29.3. The molecule has 0 amide bonds. The fourth-order valence-electron chi connectivity index (χ4n) is 4.64. The summed E-state index contributed by atoms with van der Waals surface area (Å²) in [6.07, 6.45) is 10.3. The molecule has 1 aromatic rings. The van der Waals surface area contributed by atoms with Crippen molar-refractivity contribution in [3.8, 4) is 0 Å². The van der Waals surface area contributed by atoms with Gasteiger partial charge >= 0.3 is 5.69 Å². The molecule has 156 valence electrons. The van der Waals surface area contributed by atoms with Crippen LogP contribution >= 0.6 is 0 Å². The Morgan fingerprint density at radius 2 is 2.17 bits per heavy atom. The Bertz CT molecular complexity index is 1160. The first-order chi connectivity index (χ1) is 14.4. The number of imidazole rings is 1. The monoisotopic (exact) mass is 409 g/mol. The number of hydrogen-bond acceptors (Lipinski definition) is 5. The number of azo groups is 1. The molecule has 3 aliphatic heterocycles. The van der Waals surface area contributed by atoms with Crippen LogP contribution < -0.4 is 5.69 Å². The van der Waals surface area contributed by atoms with E-state index in [2.05, 4.69) is 29.1 Å². The largest absolute Gasteiger partial charge is 0.381 e. The Morgan fingerprint density at radius 3 is 2.90 bits per heavy atom. The molecular formula is C22H24FN5O2. The van der Waals surface area contributed by atoms with E-state index in [-0.39, 0.29) is 23.2 Å². The van der Waals surface area contributed by atoms with Crippen molar-refractivity contribution < 1.29 is 9.13 Å². The van der Waals surface area contributed by atoms with Crippen molar-refractivity contribution in [2.45, 2.75) is 38.8 Å². The fourth-order valence-corrected chi connectivity index (χ4v) is 4.64. The molecule has 1 saturated heterocycles. The van der Waals surface area contributed by atoms with Gasteiger partial charge in [0.2, 0.25) is 5.95 Å². The van der Waals surface area contributed by atoms with Gasteiger partial charge in [0.05, 0.1) is 12.3 Å². The Morgan fingerprint density at radius 1 is 1.33 bits per heavy atom. The van der Waals surface area contributed by atoms with Gasteiger partial charge in [-0.25, -0.2) is 9.79 Å². The Labute approximate surface area is 173 Å². The van der Waals surface area contributed by atoms with Gasteiger partial charge in [-0.1, -0.05) is 26.0 Å². The predicted octanol–water partition coefficient (Wildman–Crippen LogP) is 4.18. The average Bonchev–Trinajstić information content (AvgIpc) is 2.99. The highest BCUT2D eigenvalue weighted by Gasteiger charge is 2.40. The molecule has 0 saturated carbocycles. The van der Waals surface area contributed by atoms with Gasteiger partial charge in [-0.2, -0.15) is 9.50 Å². The molecule has 0 aromatic carbocycles. The first kappa shape index (κ1) is 19.1. The van der Waals surface area contributed by atoms with Gasteiger partial charge in [0.25, 0.3) is 0 Å². The van der Waals surface area contributed by atoms with Crippen LogP contribution in [-0.2, 0) is 11.8 Å². The standard InChI is InChI=1S/C22H24FN5O2/c1-22(2)12-30-9-8-17(22)28-19-15-10-13(14-5-7-18(23)24-11-14)4-6-16(15)25-26-20(19)27(3)21(28)29/h4,6-7,10-11,16-17H,5,8-9,12H2,1-3H3/t16?,17-/m1/s1. The number of rotatable bonds is 1. The summed E-state index contributed by atoms with van der Waals surface area (Å²) in [7, 11) is 1.74. The maximum absolute atomic E-state index is 13.3. The lowest BCUT2D eigenvalue weighted by Crippen LogP contribution is -2.42. The van der Waals surface area contributed by atoms with E-state index in [1.165, 1.54) is 6.08 Å². The molecular weight excluding hydrogens is 385 g/mol. The molecule has 30 heavy (non-hydrogen) atoms. The SMILES string of the molecule is Cn1c2c(n([C@@H]3CCOCC3(C)C)c1=O)C1=CC(=C3C=NC(F)=CC3)C=CC1N=N2. The summed E-state index contributed by atoms with van der Waals surface area (Å²) < 4.78 is 22.5. The number of fused-ring (bicyclic) bond motifs is 3. The summed E-state index contributed by atoms with van der Waals surface area (Å²) in [6.45, 7) is 5.48. The molecule has 1 aromatic heterocycles. The molecule has 8 heteroatoms. The zero-order valence-corrected chi connectivity index (χ0v) is 17.3. The molecule has 5 rings (SSSR count). The van der Waals surface area contributed by atoms with Crippen molar-refractivity contribution in [2.24, 2.45) is 27.7 Å². The molecule has 0 N–H and O–H groups in total.